The monoisotopic (exact) mass is 383 g/mol. The number of ketones is 1. The predicted octanol–water partition coefficient (Wildman–Crippen LogP) is 4.55. The highest BCUT2D eigenvalue weighted by molar-refractivity contribution is 7.98. The molecule has 26 heavy (non-hydrogen) atoms. The molecule has 1 aliphatic rings. The number of piperazine rings is 1. The summed E-state index contributed by atoms with van der Waals surface area (Å²) in [4.78, 5) is 22.3. The molecule has 0 spiro atoms. The summed E-state index contributed by atoms with van der Waals surface area (Å²) in [5.74, 6) is 0.113. The first-order chi connectivity index (χ1) is 12.7. The van der Waals surface area contributed by atoms with Gasteiger partial charge in [-0.3, -0.25) is 4.79 Å². The van der Waals surface area contributed by atoms with E-state index in [0.29, 0.717) is 0 Å². The van der Waals surface area contributed by atoms with E-state index in [9.17, 15) is 4.79 Å². The zero-order valence-electron chi connectivity index (χ0n) is 14.9. The molecule has 4 nitrogen and oxygen atoms in total. The van der Waals surface area contributed by atoms with Crippen LogP contribution in [-0.4, -0.2) is 43.2 Å². The second-order valence-electron chi connectivity index (χ2n) is 6.38. The zero-order valence-corrected chi connectivity index (χ0v) is 16.6. The summed E-state index contributed by atoms with van der Waals surface area (Å²) in [6, 6.07) is 14.3. The van der Waals surface area contributed by atoms with E-state index in [0.717, 1.165) is 42.4 Å². The minimum atomic E-state index is 0.113. The average Bonchev–Trinajstić information content (AvgIpc) is 3.12. The van der Waals surface area contributed by atoms with Crippen LogP contribution in [-0.2, 0) is 0 Å². The van der Waals surface area contributed by atoms with E-state index in [4.69, 9.17) is 4.98 Å². The topological polar surface area (TPSA) is 36.4 Å². The number of nitrogens with zero attached hydrogens (tertiary/aromatic N) is 3. The summed E-state index contributed by atoms with van der Waals surface area (Å²) in [5.41, 5.74) is 3.08. The van der Waals surface area contributed by atoms with Gasteiger partial charge in [0.15, 0.2) is 10.9 Å². The Morgan fingerprint density at radius 2 is 1.73 bits per heavy atom. The lowest BCUT2D eigenvalue weighted by atomic mass is 10.1. The van der Waals surface area contributed by atoms with Gasteiger partial charge in [-0.15, -0.1) is 11.8 Å². The van der Waals surface area contributed by atoms with Crippen LogP contribution in [0.15, 0.2) is 47.4 Å². The highest BCUT2D eigenvalue weighted by Crippen LogP contribution is 2.34. The minimum Gasteiger partial charge on any atom is -0.368 e. The zero-order chi connectivity index (χ0) is 18.1. The summed E-state index contributed by atoms with van der Waals surface area (Å²) >= 11 is 3.53. The quantitative estimate of drug-likeness (QED) is 0.488. The largest absolute Gasteiger partial charge is 0.368 e. The molecule has 0 unspecified atom stereocenters. The van der Waals surface area contributed by atoms with Crippen molar-refractivity contribution in [3.63, 3.8) is 0 Å². The van der Waals surface area contributed by atoms with Crippen molar-refractivity contribution < 1.29 is 4.79 Å². The Morgan fingerprint density at radius 1 is 1.04 bits per heavy atom. The third-order valence-corrected chi connectivity index (χ3v) is 6.63. The fourth-order valence-corrected chi connectivity index (χ4v) is 4.95. The van der Waals surface area contributed by atoms with Gasteiger partial charge in [0, 0.05) is 42.3 Å². The standard InChI is InChI=1S/C20H21N3OS2/c1-14(24)15-6-8-16(9-7-15)22-10-12-23(13-11-22)20-21-19-17(25-2)4-3-5-18(19)26-20/h3-9H,10-13H2,1-2H3. The van der Waals surface area contributed by atoms with Crippen molar-refractivity contribution in [3.05, 3.63) is 48.0 Å². The van der Waals surface area contributed by atoms with E-state index in [-0.39, 0.29) is 5.78 Å². The second kappa shape index (κ2) is 7.29. The molecule has 2 aromatic carbocycles. The molecule has 1 aromatic heterocycles. The lowest BCUT2D eigenvalue weighted by molar-refractivity contribution is 0.101. The third kappa shape index (κ3) is 3.31. The van der Waals surface area contributed by atoms with Gasteiger partial charge in [0.2, 0.25) is 0 Å². The molecule has 1 fully saturated rings. The molecule has 1 saturated heterocycles. The van der Waals surface area contributed by atoms with Crippen LogP contribution in [0, 0.1) is 0 Å². The molecular formula is C20H21N3OS2. The first kappa shape index (κ1) is 17.4. The van der Waals surface area contributed by atoms with Gasteiger partial charge in [0.1, 0.15) is 0 Å². The highest BCUT2D eigenvalue weighted by Gasteiger charge is 2.20. The van der Waals surface area contributed by atoms with Gasteiger partial charge >= 0.3 is 0 Å². The Balaban J connectivity index is 1.47. The van der Waals surface area contributed by atoms with Crippen LogP contribution >= 0.6 is 23.1 Å². The summed E-state index contributed by atoms with van der Waals surface area (Å²) in [6.07, 6.45) is 2.10. The molecule has 0 aliphatic carbocycles. The van der Waals surface area contributed by atoms with Crippen molar-refractivity contribution in [2.45, 2.75) is 11.8 Å². The normalized spacial score (nSPS) is 14.8. The van der Waals surface area contributed by atoms with Crippen molar-refractivity contribution in [1.29, 1.82) is 0 Å². The Hall–Kier alpha value is -2.05. The van der Waals surface area contributed by atoms with Crippen molar-refractivity contribution in [2.24, 2.45) is 0 Å². The molecule has 3 aromatic rings. The number of hydrogen-bond acceptors (Lipinski definition) is 6. The summed E-state index contributed by atoms with van der Waals surface area (Å²) in [7, 11) is 0. The average molecular weight is 384 g/mol. The van der Waals surface area contributed by atoms with Gasteiger partial charge < -0.3 is 9.80 Å². The van der Waals surface area contributed by atoms with E-state index in [1.807, 2.05) is 12.1 Å². The van der Waals surface area contributed by atoms with Gasteiger partial charge in [0.05, 0.1) is 10.2 Å². The Morgan fingerprint density at radius 3 is 2.38 bits per heavy atom. The van der Waals surface area contributed by atoms with Crippen LogP contribution < -0.4 is 9.80 Å². The number of carbonyl (C=O) groups excluding carboxylic acids is 1. The highest BCUT2D eigenvalue weighted by atomic mass is 32.2. The molecular weight excluding hydrogens is 362 g/mol. The lowest BCUT2D eigenvalue weighted by Crippen LogP contribution is -2.46. The number of thiazole rings is 1. The number of fused-ring (bicyclic) bond motifs is 1. The molecule has 0 radical (unpaired) electrons. The van der Waals surface area contributed by atoms with Gasteiger partial charge in [-0.2, -0.15) is 0 Å². The molecule has 2 heterocycles. The molecule has 134 valence electrons. The van der Waals surface area contributed by atoms with Gasteiger partial charge in [0.25, 0.3) is 0 Å². The Labute approximate surface area is 161 Å². The fourth-order valence-electron chi connectivity index (χ4n) is 3.27. The predicted molar refractivity (Wildman–Crippen MR) is 112 cm³/mol. The van der Waals surface area contributed by atoms with Gasteiger partial charge in [-0.1, -0.05) is 17.4 Å². The maximum absolute atomic E-state index is 11.4. The molecule has 4 rings (SSSR count). The third-order valence-electron chi connectivity index (χ3n) is 4.78. The number of rotatable bonds is 4. The first-order valence-electron chi connectivity index (χ1n) is 8.70. The fraction of sp³-hybridized carbons (Fsp3) is 0.300. The second-order valence-corrected chi connectivity index (χ2v) is 8.24. The Kier molecular flexibility index (Phi) is 4.87. The van der Waals surface area contributed by atoms with E-state index in [1.54, 1.807) is 30.0 Å². The summed E-state index contributed by atoms with van der Waals surface area (Å²) < 4.78 is 1.26. The van der Waals surface area contributed by atoms with Gasteiger partial charge in [-0.05, 0) is 49.6 Å². The molecule has 0 bridgehead atoms. The number of thioether (sulfide) groups is 1. The maximum Gasteiger partial charge on any atom is 0.186 e. The van der Waals surface area contributed by atoms with Crippen LogP contribution in [0.3, 0.4) is 0 Å². The number of hydrogen-bond donors (Lipinski definition) is 0. The van der Waals surface area contributed by atoms with Crippen LogP contribution in [0.25, 0.3) is 10.2 Å². The van der Waals surface area contributed by atoms with E-state index in [1.165, 1.54) is 15.3 Å². The SMILES string of the molecule is CSc1cccc2sc(N3CCN(c4ccc(C(C)=O)cc4)CC3)nc12. The molecule has 6 heteroatoms. The number of carbonyl (C=O) groups is 1. The molecule has 0 atom stereocenters. The maximum atomic E-state index is 11.4. The number of benzene rings is 2. The van der Waals surface area contributed by atoms with E-state index >= 15 is 0 Å². The van der Waals surface area contributed by atoms with Crippen molar-refractivity contribution in [1.82, 2.24) is 4.98 Å². The van der Waals surface area contributed by atoms with Crippen molar-refractivity contribution >= 4 is 49.9 Å². The Bertz CT molecular complexity index is 928. The van der Waals surface area contributed by atoms with E-state index < -0.39 is 0 Å². The van der Waals surface area contributed by atoms with Gasteiger partial charge in [-0.25, -0.2) is 4.98 Å². The van der Waals surface area contributed by atoms with Crippen molar-refractivity contribution in [3.8, 4) is 0 Å². The van der Waals surface area contributed by atoms with Crippen LogP contribution in [0.1, 0.15) is 17.3 Å². The number of Topliss-reactive ketones (excluding diaryl/α,β-unsaturated/α-hetero) is 1. The number of para-hydroxylation sites is 1. The minimum absolute atomic E-state index is 0.113. The van der Waals surface area contributed by atoms with Crippen LogP contribution in [0.4, 0.5) is 10.8 Å². The number of anilines is 2. The summed E-state index contributed by atoms with van der Waals surface area (Å²) in [5, 5.41) is 1.12. The molecule has 1 aliphatic heterocycles. The molecule has 0 N–H and O–H groups in total. The first-order valence-corrected chi connectivity index (χ1v) is 10.7. The lowest BCUT2D eigenvalue weighted by Gasteiger charge is -2.36. The molecule has 0 amide bonds. The van der Waals surface area contributed by atoms with E-state index in [2.05, 4.69) is 46.4 Å². The molecule has 0 saturated carbocycles. The smallest absolute Gasteiger partial charge is 0.186 e. The van der Waals surface area contributed by atoms with Crippen LogP contribution in [0.2, 0.25) is 0 Å². The van der Waals surface area contributed by atoms with Crippen LogP contribution in [0.5, 0.6) is 0 Å². The number of aromatic nitrogens is 1. The summed E-state index contributed by atoms with van der Waals surface area (Å²) in [6.45, 7) is 5.45. The van der Waals surface area contributed by atoms with Crippen molar-refractivity contribution in [2.75, 3.05) is 42.2 Å².